The molecule has 3 nitrogen and oxygen atoms in total. The molecular weight excluding hydrogens is 224 g/mol. The number of nitrogens with two attached hydrogens (primary N) is 1. The molecule has 0 aromatic heterocycles. The van der Waals surface area contributed by atoms with Crippen LogP contribution >= 0.6 is 0 Å². The summed E-state index contributed by atoms with van der Waals surface area (Å²) in [6.07, 6.45) is 9.91. The minimum Gasteiger partial charge on any atom is -0.373 e. The Hall–Kier alpha value is -0.380. The van der Waals surface area contributed by atoms with E-state index in [0.717, 1.165) is 6.54 Å². The first-order valence-corrected chi connectivity index (χ1v) is 7.50. The van der Waals surface area contributed by atoms with E-state index in [4.69, 9.17) is 10.5 Å². The molecule has 1 saturated heterocycles. The van der Waals surface area contributed by atoms with E-state index >= 15 is 0 Å². The average molecular weight is 252 g/mol. The first-order valence-electron chi connectivity index (χ1n) is 7.50. The van der Waals surface area contributed by atoms with Gasteiger partial charge >= 0.3 is 0 Å². The molecule has 0 aromatic carbocycles. The van der Waals surface area contributed by atoms with Crippen molar-refractivity contribution in [1.29, 1.82) is 0 Å². The third-order valence-corrected chi connectivity index (χ3v) is 4.37. The van der Waals surface area contributed by atoms with Crippen molar-refractivity contribution < 1.29 is 4.74 Å². The number of nitrogens with zero attached hydrogens (tertiary/aromatic N) is 1. The first kappa shape index (κ1) is 14.0. The summed E-state index contributed by atoms with van der Waals surface area (Å²) in [5.41, 5.74) is 6.24. The van der Waals surface area contributed by atoms with Crippen LogP contribution in [0.15, 0.2) is 12.7 Å². The number of hydrogen-bond acceptors (Lipinski definition) is 3. The van der Waals surface area contributed by atoms with Crippen LogP contribution in [0.5, 0.6) is 0 Å². The average Bonchev–Trinajstić information content (AvgIpc) is 2.40. The van der Waals surface area contributed by atoms with E-state index in [2.05, 4.69) is 11.5 Å². The predicted octanol–water partition coefficient (Wildman–Crippen LogP) is 2.17. The number of piperidine rings is 1. The SMILES string of the molecule is C=CCO[C@@H]1CCCN(C[C@@H]2CCCC[C@H]2N)C1. The fraction of sp³-hybridized carbons (Fsp3) is 0.867. The Morgan fingerprint density at radius 2 is 2.06 bits per heavy atom. The Labute approximate surface area is 111 Å². The van der Waals surface area contributed by atoms with E-state index in [1.54, 1.807) is 0 Å². The molecule has 1 aliphatic heterocycles. The maximum atomic E-state index is 6.24. The molecule has 0 radical (unpaired) electrons. The molecular formula is C15H28N2O. The zero-order valence-electron chi connectivity index (χ0n) is 11.5. The normalized spacial score (nSPS) is 34.4. The second kappa shape index (κ2) is 7.27. The second-order valence-electron chi connectivity index (χ2n) is 5.85. The first-order chi connectivity index (χ1) is 8.79. The van der Waals surface area contributed by atoms with E-state index < -0.39 is 0 Å². The molecule has 18 heavy (non-hydrogen) atoms. The molecule has 0 amide bonds. The molecule has 2 rings (SSSR count). The highest BCUT2D eigenvalue weighted by Crippen LogP contribution is 2.25. The summed E-state index contributed by atoms with van der Waals surface area (Å²) in [6.45, 7) is 7.87. The molecule has 2 N–H and O–H groups in total. The standard InChI is InChI=1S/C15H28N2O/c1-2-10-18-14-7-5-9-17(12-14)11-13-6-3-4-8-15(13)16/h2,13-15H,1,3-12,16H2/t13-,14+,15+/m0/s1. The molecule has 3 heteroatoms. The number of ether oxygens (including phenoxy) is 1. The van der Waals surface area contributed by atoms with Crippen LogP contribution in [0.3, 0.4) is 0 Å². The molecule has 2 fully saturated rings. The smallest absolute Gasteiger partial charge is 0.0706 e. The van der Waals surface area contributed by atoms with Crippen LogP contribution in [0.1, 0.15) is 38.5 Å². The van der Waals surface area contributed by atoms with Crippen LogP contribution in [0, 0.1) is 5.92 Å². The van der Waals surface area contributed by atoms with Gasteiger partial charge in [0.1, 0.15) is 0 Å². The summed E-state index contributed by atoms with van der Waals surface area (Å²) in [5.74, 6) is 0.705. The van der Waals surface area contributed by atoms with Gasteiger partial charge in [-0.1, -0.05) is 18.9 Å². The summed E-state index contributed by atoms with van der Waals surface area (Å²) >= 11 is 0. The summed E-state index contributed by atoms with van der Waals surface area (Å²) < 4.78 is 5.79. The quantitative estimate of drug-likeness (QED) is 0.762. The van der Waals surface area contributed by atoms with Gasteiger partial charge in [-0.3, -0.25) is 0 Å². The molecule has 2 aliphatic rings. The third kappa shape index (κ3) is 4.08. The van der Waals surface area contributed by atoms with Gasteiger partial charge in [-0.25, -0.2) is 0 Å². The fourth-order valence-electron chi connectivity index (χ4n) is 3.31. The topological polar surface area (TPSA) is 38.5 Å². The van der Waals surface area contributed by atoms with Gasteiger partial charge in [0.2, 0.25) is 0 Å². The molecule has 0 unspecified atom stereocenters. The monoisotopic (exact) mass is 252 g/mol. The van der Waals surface area contributed by atoms with Crippen molar-refractivity contribution in [3.63, 3.8) is 0 Å². The number of likely N-dealkylation sites (tertiary alicyclic amines) is 1. The molecule has 1 heterocycles. The molecule has 0 bridgehead atoms. The Balaban J connectivity index is 1.76. The lowest BCUT2D eigenvalue weighted by Crippen LogP contribution is -2.46. The van der Waals surface area contributed by atoms with Crippen molar-refractivity contribution in [3.8, 4) is 0 Å². The van der Waals surface area contributed by atoms with Gasteiger partial charge in [0.15, 0.2) is 0 Å². The van der Waals surface area contributed by atoms with Crippen molar-refractivity contribution in [3.05, 3.63) is 12.7 Å². The molecule has 104 valence electrons. The van der Waals surface area contributed by atoms with Gasteiger partial charge in [0.25, 0.3) is 0 Å². The summed E-state index contributed by atoms with van der Waals surface area (Å²) in [5, 5.41) is 0. The van der Waals surface area contributed by atoms with Crippen LogP contribution in [0.25, 0.3) is 0 Å². The highest BCUT2D eigenvalue weighted by molar-refractivity contribution is 4.83. The van der Waals surface area contributed by atoms with Crippen molar-refractivity contribution in [2.75, 3.05) is 26.2 Å². The Morgan fingerprint density at radius 1 is 1.22 bits per heavy atom. The highest BCUT2D eigenvalue weighted by Gasteiger charge is 2.27. The van der Waals surface area contributed by atoms with Gasteiger partial charge in [0, 0.05) is 19.1 Å². The zero-order valence-corrected chi connectivity index (χ0v) is 11.5. The lowest BCUT2D eigenvalue weighted by atomic mass is 9.84. The van der Waals surface area contributed by atoms with Crippen molar-refractivity contribution in [2.45, 2.75) is 50.7 Å². The molecule has 3 atom stereocenters. The van der Waals surface area contributed by atoms with E-state index in [9.17, 15) is 0 Å². The predicted molar refractivity (Wildman–Crippen MR) is 75.5 cm³/mol. The van der Waals surface area contributed by atoms with Gasteiger partial charge in [-0.2, -0.15) is 0 Å². The maximum Gasteiger partial charge on any atom is 0.0706 e. The van der Waals surface area contributed by atoms with E-state index in [1.165, 1.54) is 51.6 Å². The summed E-state index contributed by atoms with van der Waals surface area (Å²) in [4.78, 5) is 2.56. The number of hydrogen-bond donors (Lipinski definition) is 1. The van der Waals surface area contributed by atoms with Gasteiger partial charge in [0.05, 0.1) is 12.7 Å². The van der Waals surface area contributed by atoms with Gasteiger partial charge in [-0.05, 0) is 38.1 Å². The van der Waals surface area contributed by atoms with Crippen LogP contribution < -0.4 is 5.73 Å². The fourth-order valence-corrected chi connectivity index (χ4v) is 3.31. The van der Waals surface area contributed by atoms with Crippen molar-refractivity contribution in [1.82, 2.24) is 4.90 Å². The molecule has 0 aromatic rings. The number of rotatable bonds is 5. The molecule has 1 aliphatic carbocycles. The van der Waals surface area contributed by atoms with Crippen molar-refractivity contribution in [2.24, 2.45) is 11.7 Å². The third-order valence-electron chi connectivity index (χ3n) is 4.37. The lowest BCUT2D eigenvalue weighted by molar-refractivity contribution is 0.00609. The van der Waals surface area contributed by atoms with E-state index in [-0.39, 0.29) is 0 Å². The zero-order chi connectivity index (χ0) is 12.8. The molecule has 0 spiro atoms. The van der Waals surface area contributed by atoms with Crippen LogP contribution in [-0.4, -0.2) is 43.3 Å². The van der Waals surface area contributed by atoms with Gasteiger partial charge in [-0.15, -0.1) is 6.58 Å². The Kier molecular flexibility index (Phi) is 5.67. The summed E-state index contributed by atoms with van der Waals surface area (Å²) in [6, 6.07) is 0.424. The van der Waals surface area contributed by atoms with E-state index in [1.807, 2.05) is 6.08 Å². The lowest BCUT2D eigenvalue weighted by Gasteiger charge is -2.37. The highest BCUT2D eigenvalue weighted by atomic mass is 16.5. The van der Waals surface area contributed by atoms with Gasteiger partial charge < -0.3 is 15.4 Å². The largest absolute Gasteiger partial charge is 0.373 e. The Bertz CT molecular complexity index is 257. The second-order valence-corrected chi connectivity index (χ2v) is 5.85. The summed E-state index contributed by atoms with van der Waals surface area (Å²) in [7, 11) is 0. The molecule has 1 saturated carbocycles. The van der Waals surface area contributed by atoms with Crippen LogP contribution in [0.4, 0.5) is 0 Å². The maximum absolute atomic E-state index is 6.24. The van der Waals surface area contributed by atoms with Crippen LogP contribution in [0.2, 0.25) is 0 Å². The van der Waals surface area contributed by atoms with E-state index in [0.29, 0.717) is 24.7 Å². The minimum absolute atomic E-state index is 0.400. The minimum atomic E-state index is 0.400. The van der Waals surface area contributed by atoms with Crippen LogP contribution in [-0.2, 0) is 4.74 Å². The Morgan fingerprint density at radius 3 is 2.83 bits per heavy atom. The van der Waals surface area contributed by atoms with Crippen molar-refractivity contribution >= 4 is 0 Å².